The van der Waals surface area contributed by atoms with Gasteiger partial charge in [0, 0.05) is 18.6 Å². The van der Waals surface area contributed by atoms with Crippen LogP contribution in [0.1, 0.15) is 59.3 Å². The molecule has 0 heterocycles. The molecule has 2 aliphatic rings. The fourth-order valence-electron chi connectivity index (χ4n) is 3.48. The average Bonchev–Trinajstić information content (AvgIpc) is 2.21. The Morgan fingerprint density at radius 2 is 1.94 bits per heavy atom. The Morgan fingerprint density at radius 1 is 1.24 bits per heavy atom. The van der Waals surface area contributed by atoms with E-state index in [4.69, 9.17) is 5.73 Å². The van der Waals surface area contributed by atoms with Crippen LogP contribution >= 0.6 is 0 Å². The minimum atomic E-state index is 0.406. The van der Waals surface area contributed by atoms with Gasteiger partial charge in [-0.15, -0.1) is 0 Å². The van der Waals surface area contributed by atoms with Crippen molar-refractivity contribution < 1.29 is 0 Å². The Labute approximate surface area is 107 Å². The molecular weight excluding hydrogens is 208 g/mol. The minimum Gasteiger partial charge on any atom is -0.326 e. The molecule has 0 aromatic carbocycles. The molecule has 2 unspecified atom stereocenters. The zero-order valence-corrected chi connectivity index (χ0v) is 11.9. The van der Waals surface area contributed by atoms with Gasteiger partial charge >= 0.3 is 0 Å². The predicted octanol–water partition coefficient (Wildman–Crippen LogP) is 3.01. The molecule has 2 saturated carbocycles. The molecule has 2 rings (SSSR count). The monoisotopic (exact) mass is 238 g/mol. The predicted molar refractivity (Wildman–Crippen MR) is 74.0 cm³/mol. The summed E-state index contributed by atoms with van der Waals surface area (Å²) in [6, 6.07) is 1.03. The smallest absolute Gasteiger partial charge is 0.0252 e. The van der Waals surface area contributed by atoms with Gasteiger partial charge in [0.05, 0.1) is 0 Å². The Kier molecular flexibility index (Phi) is 4.14. The molecule has 2 aliphatic carbocycles. The summed E-state index contributed by atoms with van der Waals surface area (Å²) in [5.74, 6) is 0.965. The van der Waals surface area contributed by atoms with Gasteiger partial charge in [-0.2, -0.15) is 0 Å². The Hall–Kier alpha value is -0.0800. The molecule has 0 radical (unpaired) electrons. The van der Waals surface area contributed by atoms with Crippen molar-refractivity contribution in [3.63, 3.8) is 0 Å². The van der Waals surface area contributed by atoms with Crippen LogP contribution in [0.5, 0.6) is 0 Å². The van der Waals surface area contributed by atoms with E-state index in [1.165, 1.54) is 51.6 Å². The Bertz CT molecular complexity index is 245. The zero-order chi connectivity index (χ0) is 12.5. The summed E-state index contributed by atoms with van der Waals surface area (Å²) in [6.45, 7) is 9.58. The number of likely N-dealkylation sites (N-methyl/N-ethyl adjacent to an activating group) is 1. The van der Waals surface area contributed by atoms with Crippen molar-refractivity contribution in [1.82, 2.24) is 4.90 Å². The molecule has 0 spiro atoms. The van der Waals surface area contributed by atoms with E-state index in [2.05, 4.69) is 25.7 Å². The van der Waals surface area contributed by atoms with Crippen LogP contribution in [0.25, 0.3) is 0 Å². The van der Waals surface area contributed by atoms with Gasteiger partial charge in [-0.3, -0.25) is 4.90 Å². The number of hydrogen-bond acceptors (Lipinski definition) is 2. The van der Waals surface area contributed by atoms with Crippen LogP contribution in [0.2, 0.25) is 0 Å². The van der Waals surface area contributed by atoms with Crippen LogP contribution in [0.4, 0.5) is 0 Å². The third-order valence-corrected chi connectivity index (χ3v) is 5.00. The van der Waals surface area contributed by atoms with Crippen molar-refractivity contribution in [2.75, 3.05) is 13.1 Å². The van der Waals surface area contributed by atoms with E-state index in [0.29, 0.717) is 17.5 Å². The van der Waals surface area contributed by atoms with Crippen LogP contribution < -0.4 is 5.73 Å². The highest BCUT2D eigenvalue weighted by Crippen LogP contribution is 2.38. The van der Waals surface area contributed by atoms with Crippen molar-refractivity contribution in [1.29, 1.82) is 0 Å². The lowest BCUT2D eigenvalue weighted by molar-refractivity contribution is 0.0581. The lowest BCUT2D eigenvalue weighted by Gasteiger charge is -2.46. The van der Waals surface area contributed by atoms with Crippen LogP contribution in [-0.2, 0) is 0 Å². The Balaban J connectivity index is 1.95. The van der Waals surface area contributed by atoms with Crippen molar-refractivity contribution >= 4 is 0 Å². The first-order valence-corrected chi connectivity index (χ1v) is 7.51. The maximum absolute atomic E-state index is 6.37. The molecule has 2 heteroatoms. The average molecular weight is 238 g/mol. The molecule has 0 aromatic rings. The van der Waals surface area contributed by atoms with E-state index >= 15 is 0 Å². The van der Waals surface area contributed by atoms with E-state index < -0.39 is 0 Å². The Morgan fingerprint density at radius 3 is 2.47 bits per heavy atom. The van der Waals surface area contributed by atoms with Crippen LogP contribution in [0.15, 0.2) is 0 Å². The summed E-state index contributed by atoms with van der Waals surface area (Å²) in [5, 5.41) is 0. The fourth-order valence-corrected chi connectivity index (χ4v) is 3.48. The lowest BCUT2D eigenvalue weighted by Crippen LogP contribution is -2.54. The van der Waals surface area contributed by atoms with Gasteiger partial charge in [0.2, 0.25) is 0 Å². The van der Waals surface area contributed by atoms with E-state index in [0.717, 1.165) is 5.92 Å². The summed E-state index contributed by atoms with van der Waals surface area (Å²) >= 11 is 0. The van der Waals surface area contributed by atoms with E-state index in [1.54, 1.807) is 0 Å². The molecule has 0 saturated heterocycles. The fraction of sp³-hybridized carbons (Fsp3) is 1.00. The second-order valence-corrected chi connectivity index (χ2v) is 7.02. The maximum Gasteiger partial charge on any atom is 0.0252 e. The van der Waals surface area contributed by atoms with Gasteiger partial charge in [0.1, 0.15) is 0 Å². The van der Waals surface area contributed by atoms with Crippen LogP contribution in [0.3, 0.4) is 0 Å². The standard InChI is InChI=1S/C15H30N2/c1-4-17(11-12-6-5-7-12)14-10-15(2,3)9-8-13(14)16/h12-14H,4-11,16H2,1-3H3. The summed E-state index contributed by atoms with van der Waals surface area (Å²) < 4.78 is 0. The van der Waals surface area contributed by atoms with Crippen molar-refractivity contribution in [3.05, 3.63) is 0 Å². The van der Waals surface area contributed by atoms with Crippen molar-refractivity contribution in [2.45, 2.75) is 71.4 Å². The third-order valence-electron chi connectivity index (χ3n) is 5.00. The van der Waals surface area contributed by atoms with Gasteiger partial charge < -0.3 is 5.73 Å². The third kappa shape index (κ3) is 3.23. The summed E-state index contributed by atoms with van der Waals surface area (Å²) in [6.07, 6.45) is 8.13. The highest BCUT2D eigenvalue weighted by Gasteiger charge is 2.36. The molecular formula is C15H30N2. The maximum atomic E-state index is 6.37. The molecule has 0 bridgehead atoms. The number of rotatable bonds is 4. The first kappa shape index (κ1) is 13.4. The van der Waals surface area contributed by atoms with Crippen LogP contribution in [0, 0.1) is 11.3 Å². The molecule has 17 heavy (non-hydrogen) atoms. The van der Waals surface area contributed by atoms with Gasteiger partial charge in [-0.1, -0.05) is 27.2 Å². The molecule has 0 aromatic heterocycles. The van der Waals surface area contributed by atoms with E-state index in [9.17, 15) is 0 Å². The topological polar surface area (TPSA) is 29.3 Å². The first-order valence-electron chi connectivity index (χ1n) is 7.51. The van der Waals surface area contributed by atoms with E-state index in [-0.39, 0.29) is 0 Å². The van der Waals surface area contributed by atoms with E-state index in [1.807, 2.05) is 0 Å². The quantitative estimate of drug-likeness (QED) is 0.816. The summed E-state index contributed by atoms with van der Waals surface area (Å²) in [4.78, 5) is 2.68. The lowest BCUT2D eigenvalue weighted by atomic mass is 9.72. The molecule has 0 amide bonds. The van der Waals surface area contributed by atoms with Gasteiger partial charge in [-0.25, -0.2) is 0 Å². The first-order chi connectivity index (χ1) is 8.02. The molecule has 2 fully saturated rings. The SMILES string of the molecule is CCN(CC1CCC1)C1CC(C)(C)CCC1N. The molecule has 2 nitrogen and oxygen atoms in total. The van der Waals surface area contributed by atoms with Crippen molar-refractivity contribution in [3.8, 4) is 0 Å². The molecule has 100 valence electrons. The van der Waals surface area contributed by atoms with Gasteiger partial charge in [0.15, 0.2) is 0 Å². The minimum absolute atomic E-state index is 0.406. The number of hydrogen-bond donors (Lipinski definition) is 1. The largest absolute Gasteiger partial charge is 0.326 e. The second kappa shape index (κ2) is 5.27. The van der Waals surface area contributed by atoms with Crippen molar-refractivity contribution in [2.24, 2.45) is 17.1 Å². The summed E-state index contributed by atoms with van der Waals surface area (Å²) in [5.41, 5.74) is 6.86. The highest BCUT2D eigenvalue weighted by molar-refractivity contribution is 4.93. The van der Waals surface area contributed by atoms with Crippen LogP contribution in [-0.4, -0.2) is 30.1 Å². The van der Waals surface area contributed by atoms with Gasteiger partial charge in [-0.05, 0) is 50.0 Å². The zero-order valence-electron chi connectivity index (χ0n) is 11.9. The second-order valence-electron chi connectivity index (χ2n) is 7.02. The molecule has 0 aliphatic heterocycles. The normalized spacial score (nSPS) is 33.7. The number of nitrogens with zero attached hydrogens (tertiary/aromatic N) is 1. The molecule has 2 N–H and O–H groups in total. The summed E-state index contributed by atoms with van der Waals surface area (Å²) in [7, 11) is 0. The van der Waals surface area contributed by atoms with Gasteiger partial charge in [0.25, 0.3) is 0 Å². The number of nitrogens with two attached hydrogens (primary N) is 1. The molecule has 2 atom stereocenters. The highest BCUT2D eigenvalue weighted by atomic mass is 15.2.